The molecular weight excluding hydrogens is 358 g/mol. The second-order valence-corrected chi connectivity index (χ2v) is 7.13. The van der Waals surface area contributed by atoms with Gasteiger partial charge >= 0.3 is 0 Å². The minimum absolute atomic E-state index is 0.705. The third-order valence-corrected chi connectivity index (χ3v) is 5.46. The Morgan fingerprint density at radius 3 is 2.28 bits per heavy atom. The molecule has 4 nitrogen and oxygen atoms in total. The molecule has 0 radical (unpaired) electrons. The largest absolute Gasteiger partial charge is 0.456 e. The third kappa shape index (κ3) is 2.29. The first-order valence-corrected chi connectivity index (χ1v) is 9.53. The fraction of sp³-hybridized carbons (Fsp3) is 0. The van der Waals surface area contributed by atoms with Crippen molar-refractivity contribution in [1.29, 1.82) is 0 Å². The number of hydrogen-bond donors (Lipinski definition) is 1. The van der Waals surface area contributed by atoms with E-state index in [4.69, 9.17) is 15.3 Å². The van der Waals surface area contributed by atoms with E-state index in [9.17, 15) is 0 Å². The molecule has 0 atom stereocenters. The lowest BCUT2D eigenvalue weighted by molar-refractivity contribution is 0.663. The molecule has 0 amide bonds. The van der Waals surface area contributed by atoms with Gasteiger partial charge in [0.15, 0.2) is 0 Å². The summed E-state index contributed by atoms with van der Waals surface area (Å²) in [6.07, 6.45) is 1.81. The number of hydrogen-bond acceptors (Lipinski definition) is 3. The Kier molecular flexibility index (Phi) is 3.29. The van der Waals surface area contributed by atoms with E-state index in [1.165, 1.54) is 0 Å². The van der Waals surface area contributed by atoms with Crippen LogP contribution in [-0.2, 0) is 0 Å². The molecule has 0 aliphatic heterocycles. The van der Waals surface area contributed by atoms with Crippen molar-refractivity contribution in [3.63, 3.8) is 0 Å². The van der Waals surface area contributed by atoms with E-state index in [1.54, 1.807) is 0 Å². The van der Waals surface area contributed by atoms with Crippen LogP contribution in [0.3, 0.4) is 0 Å². The highest BCUT2D eigenvalue weighted by Gasteiger charge is 2.17. The maximum atomic E-state index is 6.33. The fourth-order valence-electron chi connectivity index (χ4n) is 4.14. The summed E-state index contributed by atoms with van der Waals surface area (Å²) in [5, 5.41) is 9.28. The molecule has 0 aliphatic rings. The summed E-state index contributed by atoms with van der Waals surface area (Å²) < 4.78 is 8.30. The van der Waals surface area contributed by atoms with Crippen molar-refractivity contribution in [3.05, 3.63) is 90.5 Å². The van der Waals surface area contributed by atoms with Gasteiger partial charge < -0.3 is 10.2 Å². The molecule has 0 spiro atoms. The summed E-state index contributed by atoms with van der Waals surface area (Å²) in [7, 11) is 0. The molecule has 0 fully saturated rings. The lowest BCUT2D eigenvalue weighted by Gasteiger charge is -2.03. The molecule has 0 saturated carbocycles. The van der Waals surface area contributed by atoms with Crippen LogP contribution in [0.4, 0.5) is 5.69 Å². The molecule has 2 heterocycles. The number of para-hydroxylation sites is 2. The first-order valence-electron chi connectivity index (χ1n) is 9.53. The topological polar surface area (TPSA) is 56.4 Å². The van der Waals surface area contributed by atoms with Gasteiger partial charge in [-0.15, -0.1) is 0 Å². The fourth-order valence-corrected chi connectivity index (χ4v) is 4.14. The molecule has 4 aromatic carbocycles. The van der Waals surface area contributed by atoms with Crippen LogP contribution in [0.1, 0.15) is 5.56 Å². The maximum absolute atomic E-state index is 6.33. The van der Waals surface area contributed by atoms with Crippen LogP contribution in [-0.4, -0.2) is 10.9 Å². The van der Waals surface area contributed by atoms with Crippen molar-refractivity contribution >= 4 is 55.6 Å². The van der Waals surface area contributed by atoms with Crippen LogP contribution in [0, 0.1) is 0 Å². The van der Waals surface area contributed by atoms with Gasteiger partial charge in [0.1, 0.15) is 11.2 Å². The molecule has 138 valence electrons. The van der Waals surface area contributed by atoms with Gasteiger partial charge in [-0.25, -0.2) is 4.68 Å². The number of fused-ring (bicyclic) bond motifs is 2. The lowest BCUT2D eigenvalue weighted by Crippen LogP contribution is -1.95. The molecule has 2 N–H and O–H groups in total. The van der Waals surface area contributed by atoms with Gasteiger partial charge in [0, 0.05) is 22.0 Å². The second kappa shape index (κ2) is 5.97. The minimum Gasteiger partial charge on any atom is -0.456 e. The van der Waals surface area contributed by atoms with E-state index >= 15 is 0 Å². The standard InChI is InChI=1S/C25H17N3O/c26-19-10-3-1-7-16(19)15-27-28-20-11-5-9-18-17-8-2-4-13-22(17)29-23-14-6-12-21(28)25(23)24(18)20/h1-15H,26H2. The van der Waals surface area contributed by atoms with E-state index in [0.29, 0.717) is 5.69 Å². The molecule has 0 unspecified atom stereocenters. The molecule has 6 aromatic rings. The maximum Gasteiger partial charge on any atom is 0.137 e. The first-order chi connectivity index (χ1) is 14.3. The van der Waals surface area contributed by atoms with Crippen molar-refractivity contribution in [2.45, 2.75) is 0 Å². The van der Waals surface area contributed by atoms with Gasteiger partial charge in [0.05, 0.1) is 22.6 Å². The smallest absolute Gasteiger partial charge is 0.137 e. The summed E-state index contributed by atoms with van der Waals surface area (Å²) in [5.41, 5.74) is 11.5. The van der Waals surface area contributed by atoms with Crippen LogP contribution < -0.4 is 5.73 Å². The van der Waals surface area contributed by atoms with E-state index < -0.39 is 0 Å². The Bertz CT molecular complexity index is 1570. The van der Waals surface area contributed by atoms with E-state index in [0.717, 1.165) is 49.3 Å². The zero-order valence-corrected chi connectivity index (χ0v) is 15.5. The van der Waals surface area contributed by atoms with Gasteiger partial charge in [0.25, 0.3) is 0 Å². The quantitative estimate of drug-likeness (QED) is 0.291. The normalized spacial score (nSPS) is 12.1. The van der Waals surface area contributed by atoms with Crippen molar-refractivity contribution in [2.24, 2.45) is 5.10 Å². The monoisotopic (exact) mass is 375 g/mol. The number of aromatic nitrogens is 1. The average Bonchev–Trinajstić information content (AvgIpc) is 2.99. The zero-order valence-electron chi connectivity index (χ0n) is 15.5. The lowest BCUT2D eigenvalue weighted by atomic mass is 10.1. The number of nitrogens with two attached hydrogens (primary N) is 1. The highest BCUT2D eigenvalue weighted by Crippen LogP contribution is 2.39. The van der Waals surface area contributed by atoms with Gasteiger partial charge in [-0.3, -0.25) is 0 Å². The predicted octanol–water partition coefficient (Wildman–Crippen LogP) is 6.16. The second-order valence-electron chi connectivity index (χ2n) is 7.13. The summed E-state index contributed by atoms with van der Waals surface area (Å²) in [4.78, 5) is 0. The number of benzene rings is 4. The SMILES string of the molecule is Nc1ccccc1C=Nn1c2cccc3oc4ccccc4c4cccc1c4c32. The van der Waals surface area contributed by atoms with E-state index in [2.05, 4.69) is 30.3 Å². The molecule has 0 bridgehead atoms. The number of anilines is 1. The molecule has 0 saturated heterocycles. The highest BCUT2D eigenvalue weighted by molar-refractivity contribution is 6.26. The Labute approximate surface area is 166 Å². The van der Waals surface area contributed by atoms with Crippen LogP contribution in [0.25, 0.3) is 43.7 Å². The molecule has 0 aliphatic carbocycles. The zero-order chi connectivity index (χ0) is 19.4. The minimum atomic E-state index is 0.705. The Hall–Kier alpha value is -4.05. The van der Waals surface area contributed by atoms with Crippen molar-refractivity contribution < 1.29 is 4.42 Å². The molecule has 6 rings (SSSR count). The van der Waals surface area contributed by atoms with Gasteiger partial charge in [-0.1, -0.05) is 54.6 Å². The number of rotatable bonds is 2. The third-order valence-electron chi connectivity index (χ3n) is 5.46. The summed E-state index contributed by atoms with van der Waals surface area (Å²) in [5.74, 6) is 0. The Balaban J connectivity index is 1.77. The summed E-state index contributed by atoms with van der Waals surface area (Å²) in [6.45, 7) is 0. The van der Waals surface area contributed by atoms with Gasteiger partial charge in [0.2, 0.25) is 0 Å². The first kappa shape index (κ1) is 16.0. The molecule has 29 heavy (non-hydrogen) atoms. The predicted molar refractivity (Wildman–Crippen MR) is 121 cm³/mol. The van der Waals surface area contributed by atoms with Crippen LogP contribution >= 0.6 is 0 Å². The Morgan fingerprint density at radius 1 is 0.690 bits per heavy atom. The summed E-state index contributed by atoms with van der Waals surface area (Å²) in [6, 6.07) is 28.3. The van der Waals surface area contributed by atoms with Crippen molar-refractivity contribution in [2.75, 3.05) is 5.73 Å². The van der Waals surface area contributed by atoms with Gasteiger partial charge in [-0.05, 0) is 35.7 Å². The number of nitrogen functional groups attached to an aromatic ring is 1. The summed E-state index contributed by atoms with van der Waals surface area (Å²) >= 11 is 0. The molecule has 2 aromatic heterocycles. The van der Waals surface area contributed by atoms with Gasteiger partial charge in [-0.2, -0.15) is 5.10 Å². The average molecular weight is 375 g/mol. The van der Waals surface area contributed by atoms with Crippen LogP contribution in [0.2, 0.25) is 0 Å². The van der Waals surface area contributed by atoms with E-state index in [-0.39, 0.29) is 0 Å². The van der Waals surface area contributed by atoms with Crippen molar-refractivity contribution in [1.82, 2.24) is 4.68 Å². The van der Waals surface area contributed by atoms with E-state index in [1.807, 2.05) is 65.5 Å². The Morgan fingerprint density at radius 2 is 1.38 bits per heavy atom. The van der Waals surface area contributed by atoms with Crippen LogP contribution in [0.15, 0.2) is 94.4 Å². The molecule has 4 heteroatoms. The molecular formula is C25H17N3O. The number of nitrogens with zero attached hydrogens (tertiary/aromatic N) is 2. The van der Waals surface area contributed by atoms with Crippen LogP contribution in [0.5, 0.6) is 0 Å². The van der Waals surface area contributed by atoms with Crippen molar-refractivity contribution in [3.8, 4) is 0 Å². The highest BCUT2D eigenvalue weighted by atomic mass is 16.3.